The smallest absolute Gasteiger partial charge is 0.338 e. The number of rotatable bonds is 10. The van der Waals surface area contributed by atoms with Crippen LogP contribution < -0.4 is 29.1 Å². The number of methoxy groups -OCH3 is 1. The zero-order chi connectivity index (χ0) is 27.2. The highest BCUT2D eigenvalue weighted by molar-refractivity contribution is 7.07. The number of ether oxygens (including phenoxy) is 4. The van der Waals surface area contributed by atoms with Gasteiger partial charge in [-0.05, 0) is 62.2 Å². The van der Waals surface area contributed by atoms with Gasteiger partial charge < -0.3 is 18.9 Å². The van der Waals surface area contributed by atoms with Gasteiger partial charge in [0.2, 0.25) is 0 Å². The van der Waals surface area contributed by atoms with Crippen molar-refractivity contribution in [2.75, 3.05) is 26.9 Å². The Labute approximate surface area is 224 Å². The number of thiazole rings is 1. The van der Waals surface area contributed by atoms with Crippen molar-refractivity contribution in [1.82, 2.24) is 4.57 Å². The molecule has 0 bridgehead atoms. The lowest BCUT2D eigenvalue weighted by Gasteiger charge is -2.25. The van der Waals surface area contributed by atoms with E-state index in [1.54, 1.807) is 49.8 Å². The third-order valence-electron chi connectivity index (χ3n) is 5.87. The number of carbonyl (C=O) groups excluding carboxylic acids is 1. The Morgan fingerprint density at radius 1 is 1.11 bits per heavy atom. The molecule has 1 aliphatic heterocycles. The first kappa shape index (κ1) is 26.9. The summed E-state index contributed by atoms with van der Waals surface area (Å²) >= 11 is 1.27. The Hall–Kier alpha value is -4.11. The van der Waals surface area contributed by atoms with E-state index in [1.807, 2.05) is 37.3 Å². The maximum absolute atomic E-state index is 13.8. The minimum atomic E-state index is -0.743. The second-order valence-electron chi connectivity index (χ2n) is 8.31. The molecule has 198 valence electrons. The molecule has 9 heteroatoms. The first-order valence-electron chi connectivity index (χ1n) is 12.3. The number of hydrogen-bond donors (Lipinski definition) is 0. The normalized spacial score (nSPS) is 14.9. The van der Waals surface area contributed by atoms with Crippen LogP contribution in [0.3, 0.4) is 0 Å². The number of nitrogens with zero attached hydrogens (tertiary/aromatic N) is 2. The predicted octanol–water partition coefficient (Wildman–Crippen LogP) is 3.77. The molecule has 1 aromatic heterocycles. The van der Waals surface area contributed by atoms with Gasteiger partial charge in [0.15, 0.2) is 16.3 Å². The molecule has 0 amide bonds. The van der Waals surface area contributed by atoms with Crippen LogP contribution in [0.5, 0.6) is 17.2 Å². The van der Waals surface area contributed by atoms with Crippen molar-refractivity contribution in [1.29, 1.82) is 0 Å². The van der Waals surface area contributed by atoms with Gasteiger partial charge in [-0.25, -0.2) is 9.79 Å². The SMILES string of the molecule is C=CCOc1ccc(C=c2sc3n(c2=O)C(c2ccc(OC)c(OCC)c2)C(C(=O)OCC)=C(C)N=3)cc1. The van der Waals surface area contributed by atoms with Crippen LogP contribution in [0.2, 0.25) is 0 Å². The summed E-state index contributed by atoms with van der Waals surface area (Å²) in [5.74, 6) is 1.27. The fourth-order valence-corrected chi connectivity index (χ4v) is 5.25. The standard InChI is InChI=1S/C29H30N2O6S/c1-6-15-37-21-12-9-19(10-13-21)16-24-27(32)31-26(20-11-14-22(34-5)23(17-20)35-7-2)25(28(33)36-8-3)18(4)30-29(31)38-24/h6,9-14,16-17,26H,1,7-8,15H2,2-5H3. The molecule has 0 saturated carbocycles. The molecule has 0 radical (unpaired) electrons. The molecule has 0 saturated heterocycles. The van der Waals surface area contributed by atoms with Gasteiger partial charge in [-0.1, -0.05) is 42.2 Å². The molecule has 1 unspecified atom stereocenters. The number of aromatic nitrogens is 1. The fraction of sp³-hybridized carbons (Fsp3) is 0.276. The van der Waals surface area contributed by atoms with Gasteiger partial charge in [-0.2, -0.15) is 0 Å². The molecule has 0 spiro atoms. The monoisotopic (exact) mass is 534 g/mol. The summed E-state index contributed by atoms with van der Waals surface area (Å²) in [5, 5.41) is 0. The number of allylic oxidation sites excluding steroid dienone is 1. The maximum Gasteiger partial charge on any atom is 0.338 e. The topological polar surface area (TPSA) is 88.3 Å². The summed E-state index contributed by atoms with van der Waals surface area (Å²) < 4.78 is 24.2. The Morgan fingerprint density at radius 3 is 2.53 bits per heavy atom. The largest absolute Gasteiger partial charge is 0.493 e. The van der Waals surface area contributed by atoms with Crippen LogP contribution in [-0.2, 0) is 9.53 Å². The Balaban J connectivity index is 1.87. The van der Waals surface area contributed by atoms with E-state index < -0.39 is 12.0 Å². The van der Waals surface area contributed by atoms with Crippen molar-refractivity contribution < 1.29 is 23.7 Å². The van der Waals surface area contributed by atoms with Gasteiger partial charge in [0, 0.05) is 0 Å². The van der Waals surface area contributed by atoms with Crippen LogP contribution >= 0.6 is 11.3 Å². The lowest BCUT2D eigenvalue weighted by atomic mass is 9.95. The second kappa shape index (κ2) is 12.0. The third-order valence-corrected chi connectivity index (χ3v) is 6.85. The minimum absolute atomic E-state index is 0.200. The average molecular weight is 535 g/mol. The highest BCUT2D eigenvalue weighted by atomic mass is 32.1. The molecule has 0 aliphatic carbocycles. The maximum atomic E-state index is 13.8. The van der Waals surface area contributed by atoms with Crippen molar-refractivity contribution >= 4 is 23.4 Å². The van der Waals surface area contributed by atoms with Crippen molar-refractivity contribution in [3.8, 4) is 17.2 Å². The van der Waals surface area contributed by atoms with E-state index in [0.717, 1.165) is 5.56 Å². The van der Waals surface area contributed by atoms with Crippen LogP contribution in [0.1, 0.15) is 37.9 Å². The molecule has 2 aromatic carbocycles. The molecule has 1 aliphatic rings. The van der Waals surface area contributed by atoms with Crippen molar-refractivity contribution in [2.45, 2.75) is 26.8 Å². The molecule has 38 heavy (non-hydrogen) atoms. The molecule has 8 nitrogen and oxygen atoms in total. The Bertz CT molecular complexity index is 1550. The van der Waals surface area contributed by atoms with Crippen LogP contribution in [0, 0.1) is 0 Å². The van der Waals surface area contributed by atoms with Gasteiger partial charge in [-0.3, -0.25) is 9.36 Å². The van der Waals surface area contributed by atoms with Crippen molar-refractivity contribution in [3.05, 3.63) is 97.2 Å². The fourth-order valence-electron chi connectivity index (χ4n) is 4.21. The van der Waals surface area contributed by atoms with E-state index in [2.05, 4.69) is 11.6 Å². The summed E-state index contributed by atoms with van der Waals surface area (Å²) in [6.45, 7) is 10.1. The summed E-state index contributed by atoms with van der Waals surface area (Å²) in [5.41, 5.74) is 2.07. The first-order valence-corrected chi connectivity index (χ1v) is 13.1. The van der Waals surface area contributed by atoms with Crippen LogP contribution in [0.25, 0.3) is 6.08 Å². The van der Waals surface area contributed by atoms with Gasteiger partial charge in [0.05, 0.1) is 42.2 Å². The Morgan fingerprint density at radius 2 is 1.87 bits per heavy atom. The highest BCUT2D eigenvalue weighted by Gasteiger charge is 2.34. The summed E-state index contributed by atoms with van der Waals surface area (Å²) in [4.78, 5) is 32.0. The van der Waals surface area contributed by atoms with E-state index in [1.165, 1.54) is 11.3 Å². The van der Waals surface area contributed by atoms with Crippen LogP contribution in [0.4, 0.5) is 0 Å². The summed E-state index contributed by atoms with van der Waals surface area (Å²) in [6.07, 6.45) is 3.49. The molecule has 0 fully saturated rings. The molecule has 2 heterocycles. The van der Waals surface area contributed by atoms with E-state index >= 15 is 0 Å². The quantitative estimate of drug-likeness (QED) is 0.291. The number of fused-ring (bicyclic) bond motifs is 1. The number of carbonyl (C=O) groups is 1. The zero-order valence-corrected chi connectivity index (χ0v) is 22.7. The molecular formula is C29H30N2O6S. The lowest BCUT2D eigenvalue weighted by Crippen LogP contribution is -2.40. The molecule has 0 N–H and O–H groups in total. The van der Waals surface area contributed by atoms with Crippen molar-refractivity contribution in [3.63, 3.8) is 0 Å². The summed E-state index contributed by atoms with van der Waals surface area (Å²) in [6, 6.07) is 12.1. The van der Waals surface area contributed by atoms with Crippen LogP contribution in [-0.4, -0.2) is 37.5 Å². The van der Waals surface area contributed by atoms with E-state index in [9.17, 15) is 9.59 Å². The molecule has 1 atom stereocenters. The third kappa shape index (κ3) is 5.43. The average Bonchev–Trinajstić information content (AvgIpc) is 3.21. The second-order valence-corrected chi connectivity index (χ2v) is 9.32. The first-order chi connectivity index (χ1) is 18.4. The molecule has 3 aromatic rings. The predicted molar refractivity (Wildman–Crippen MR) is 147 cm³/mol. The van der Waals surface area contributed by atoms with Crippen molar-refractivity contribution in [2.24, 2.45) is 4.99 Å². The van der Waals surface area contributed by atoms with E-state index in [0.29, 0.717) is 56.6 Å². The highest BCUT2D eigenvalue weighted by Crippen LogP contribution is 2.36. The van der Waals surface area contributed by atoms with E-state index in [4.69, 9.17) is 18.9 Å². The Kier molecular flexibility index (Phi) is 8.48. The van der Waals surface area contributed by atoms with Gasteiger partial charge in [0.1, 0.15) is 12.4 Å². The summed E-state index contributed by atoms with van der Waals surface area (Å²) in [7, 11) is 1.56. The molecule has 4 rings (SSSR count). The minimum Gasteiger partial charge on any atom is -0.493 e. The van der Waals surface area contributed by atoms with E-state index in [-0.39, 0.29) is 12.2 Å². The number of esters is 1. The number of benzene rings is 2. The molecular weight excluding hydrogens is 504 g/mol. The zero-order valence-electron chi connectivity index (χ0n) is 21.9. The van der Waals surface area contributed by atoms with Gasteiger partial charge in [0.25, 0.3) is 5.56 Å². The van der Waals surface area contributed by atoms with Gasteiger partial charge >= 0.3 is 5.97 Å². The number of hydrogen-bond acceptors (Lipinski definition) is 8. The van der Waals surface area contributed by atoms with Gasteiger partial charge in [-0.15, -0.1) is 0 Å². The lowest BCUT2D eigenvalue weighted by molar-refractivity contribution is -0.139. The van der Waals surface area contributed by atoms with Crippen LogP contribution in [0.15, 0.2) is 76.2 Å².